The van der Waals surface area contributed by atoms with E-state index < -0.39 is 0 Å². The van der Waals surface area contributed by atoms with Gasteiger partial charge in [0.1, 0.15) is 5.75 Å². The number of nitrogens with zero attached hydrogens (tertiary/aromatic N) is 3. The van der Waals surface area contributed by atoms with Gasteiger partial charge in [-0.05, 0) is 81.5 Å². The first-order valence-corrected chi connectivity index (χ1v) is 13.0. The lowest BCUT2D eigenvalue weighted by molar-refractivity contribution is 0.0575. The number of aryl methyl sites for hydroxylation is 3. The van der Waals surface area contributed by atoms with Crippen LogP contribution in [0.15, 0.2) is 42.1 Å². The number of benzene rings is 2. The SMILES string of the molecule is CCN1C(=O)N2Cc3cc(OC)cc(C)c3[C@@H](C)C=C2C12CCN(C(=O)c1cc(C)cc(C)c1)CC2. The van der Waals surface area contributed by atoms with Gasteiger partial charge in [-0.3, -0.25) is 9.69 Å². The summed E-state index contributed by atoms with van der Waals surface area (Å²) in [5, 5.41) is 0. The summed E-state index contributed by atoms with van der Waals surface area (Å²) in [4.78, 5) is 33.1. The van der Waals surface area contributed by atoms with Crippen molar-refractivity contribution in [1.29, 1.82) is 0 Å². The minimum atomic E-state index is -0.376. The summed E-state index contributed by atoms with van der Waals surface area (Å²) in [6, 6.07) is 10.3. The molecule has 2 aromatic carbocycles. The van der Waals surface area contributed by atoms with Gasteiger partial charge in [0.05, 0.1) is 19.2 Å². The molecule has 3 heterocycles. The molecule has 1 atom stereocenters. The number of methoxy groups -OCH3 is 1. The highest BCUT2D eigenvalue weighted by Gasteiger charge is 2.55. The Morgan fingerprint density at radius 2 is 1.72 bits per heavy atom. The van der Waals surface area contributed by atoms with Gasteiger partial charge in [0.2, 0.25) is 0 Å². The predicted octanol–water partition coefficient (Wildman–Crippen LogP) is 5.55. The quantitative estimate of drug-likeness (QED) is 0.570. The lowest BCUT2D eigenvalue weighted by Gasteiger charge is -2.44. The first kappa shape index (κ1) is 24.4. The zero-order valence-electron chi connectivity index (χ0n) is 22.4. The maximum Gasteiger partial charge on any atom is 0.325 e. The average Bonchev–Trinajstić information content (AvgIpc) is 2.94. The molecule has 190 valence electrons. The molecule has 3 aliphatic heterocycles. The second-order valence-corrected chi connectivity index (χ2v) is 10.7. The monoisotopic (exact) mass is 487 g/mol. The summed E-state index contributed by atoms with van der Waals surface area (Å²) in [7, 11) is 1.69. The van der Waals surface area contributed by atoms with Crippen molar-refractivity contribution in [2.45, 2.75) is 65.5 Å². The number of ether oxygens (including phenoxy) is 1. The van der Waals surface area contributed by atoms with E-state index in [1.807, 2.05) is 40.7 Å². The van der Waals surface area contributed by atoms with Crippen molar-refractivity contribution in [3.63, 3.8) is 0 Å². The van der Waals surface area contributed by atoms with Gasteiger partial charge in [-0.1, -0.05) is 30.2 Å². The van der Waals surface area contributed by atoms with Gasteiger partial charge in [-0.2, -0.15) is 0 Å². The highest BCUT2D eigenvalue weighted by atomic mass is 16.5. The number of likely N-dealkylation sites (N-methyl/N-ethyl adjacent to an activating group) is 1. The van der Waals surface area contributed by atoms with Crippen LogP contribution in [0.1, 0.15) is 70.8 Å². The van der Waals surface area contributed by atoms with E-state index in [0.29, 0.717) is 26.2 Å². The molecule has 2 saturated heterocycles. The third-order valence-electron chi connectivity index (χ3n) is 8.28. The maximum atomic E-state index is 13.8. The molecule has 0 aromatic heterocycles. The fourth-order valence-corrected chi connectivity index (χ4v) is 6.77. The zero-order chi connectivity index (χ0) is 25.8. The van der Waals surface area contributed by atoms with Crippen molar-refractivity contribution in [2.75, 3.05) is 26.7 Å². The fourth-order valence-electron chi connectivity index (χ4n) is 6.77. The van der Waals surface area contributed by atoms with Gasteiger partial charge in [0.15, 0.2) is 0 Å². The standard InChI is InChI=1S/C30H37N3O3/c1-7-33-29(35)32-18-24-17-25(36-6)15-21(4)27(24)22(5)16-26(32)30(33)8-10-31(11-9-30)28(34)23-13-19(2)12-20(3)14-23/h12-17,22H,7-11,18H2,1-6H3/t22-/m0/s1. The van der Waals surface area contributed by atoms with E-state index >= 15 is 0 Å². The molecule has 6 heteroatoms. The smallest absolute Gasteiger partial charge is 0.325 e. The molecule has 3 aliphatic rings. The molecule has 0 saturated carbocycles. The number of fused-ring (bicyclic) bond motifs is 3. The van der Waals surface area contributed by atoms with Crippen molar-refractivity contribution < 1.29 is 14.3 Å². The third kappa shape index (κ3) is 3.78. The number of piperidine rings is 1. The van der Waals surface area contributed by atoms with Crippen molar-refractivity contribution in [3.8, 4) is 5.75 Å². The third-order valence-corrected chi connectivity index (χ3v) is 8.28. The maximum absolute atomic E-state index is 13.8. The van der Waals surface area contributed by atoms with Crippen molar-refractivity contribution in [3.05, 3.63) is 75.5 Å². The van der Waals surface area contributed by atoms with Crippen LogP contribution in [0.25, 0.3) is 0 Å². The summed E-state index contributed by atoms with van der Waals surface area (Å²) in [5.41, 5.74) is 7.31. The lowest BCUT2D eigenvalue weighted by atomic mass is 9.81. The molecule has 0 radical (unpaired) electrons. The highest BCUT2D eigenvalue weighted by Crippen LogP contribution is 2.48. The van der Waals surface area contributed by atoms with Crippen LogP contribution < -0.4 is 4.74 Å². The Kier molecular flexibility index (Phi) is 6.09. The van der Waals surface area contributed by atoms with Crippen molar-refractivity contribution >= 4 is 11.9 Å². The van der Waals surface area contributed by atoms with Gasteiger partial charge in [-0.15, -0.1) is 0 Å². The van der Waals surface area contributed by atoms with Crippen LogP contribution in [0.4, 0.5) is 4.79 Å². The molecule has 1 spiro atoms. The van der Waals surface area contributed by atoms with Crippen LogP contribution in [-0.2, 0) is 6.54 Å². The van der Waals surface area contributed by atoms with Crippen LogP contribution in [0.2, 0.25) is 0 Å². The Hall–Kier alpha value is -3.28. The van der Waals surface area contributed by atoms with E-state index in [0.717, 1.165) is 46.5 Å². The summed E-state index contributed by atoms with van der Waals surface area (Å²) in [5.74, 6) is 1.09. The van der Waals surface area contributed by atoms with Crippen molar-refractivity contribution in [1.82, 2.24) is 14.7 Å². The van der Waals surface area contributed by atoms with Gasteiger partial charge in [-0.25, -0.2) is 4.79 Å². The number of urea groups is 1. The van der Waals surface area contributed by atoms with Crippen LogP contribution >= 0.6 is 0 Å². The molecule has 0 bridgehead atoms. The minimum absolute atomic E-state index is 0.0679. The largest absolute Gasteiger partial charge is 0.497 e. The second kappa shape index (κ2) is 8.99. The molecule has 2 aromatic rings. The van der Waals surface area contributed by atoms with Crippen LogP contribution in [0.5, 0.6) is 5.75 Å². The van der Waals surface area contributed by atoms with Gasteiger partial charge < -0.3 is 14.5 Å². The molecule has 3 amide bonds. The molecule has 0 N–H and O–H groups in total. The van der Waals surface area contributed by atoms with Crippen LogP contribution in [0.3, 0.4) is 0 Å². The first-order valence-electron chi connectivity index (χ1n) is 13.0. The topological polar surface area (TPSA) is 53.1 Å². The molecule has 5 rings (SSSR count). The summed E-state index contributed by atoms with van der Waals surface area (Å²) in [6.45, 7) is 12.9. The number of allylic oxidation sites excluding steroid dienone is 1. The summed E-state index contributed by atoms with van der Waals surface area (Å²) < 4.78 is 5.54. The van der Waals surface area contributed by atoms with E-state index in [4.69, 9.17) is 4.74 Å². The number of amides is 3. The summed E-state index contributed by atoms with van der Waals surface area (Å²) >= 11 is 0. The first-order chi connectivity index (χ1) is 17.2. The van der Waals surface area contributed by atoms with Gasteiger partial charge >= 0.3 is 6.03 Å². The van der Waals surface area contributed by atoms with E-state index in [1.54, 1.807) is 7.11 Å². The highest BCUT2D eigenvalue weighted by molar-refractivity contribution is 5.95. The summed E-state index contributed by atoms with van der Waals surface area (Å²) in [6.07, 6.45) is 3.80. The Morgan fingerprint density at radius 3 is 2.33 bits per heavy atom. The Labute approximate surface area is 214 Å². The van der Waals surface area contributed by atoms with E-state index in [-0.39, 0.29) is 23.4 Å². The normalized spacial score (nSPS) is 20.7. The Bertz CT molecular complexity index is 1240. The molecular weight excluding hydrogens is 450 g/mol. The molecular formula is C30H37N3O3. The number of carbonyl (C=O) groups excluding carboxylic acids is 2. The number of carbonyl (C=O) groups is 2. The van der Waals surface area contributed by atoms with Crippen LogP contribution in [-0.4, -0.2) is 58.9 Å². The molecule has 6 nitrogen and oxygen atoms in total. The number of hydrogen-bond acceptors (Lipinski definition) is 3. The average molecular weight is 488 g/mol. The predicted molar refractivity (Wildman–Crippen MR) is 141 cm³/mol. The Morgan fingerprint density at radius 1 is 1.06 bits per heavy atom. The van der Waals surface area contributed by atoms with Crippen molar-refractivity contribution in [2.24, 2.45) is 0 Å². The fraction of sp³-hybridized carbons (Fsp3) is 0.467. The van der Waals surface area contributed by atoms with Gasteiger partial charge in [0, 0.05) is 36.8 Å². The molecule has 0 aliphatic carbocycles. The minimum Gasteiger partial charge on any atom is -0.497 e. The second-order valence-electron chi connectivity index (χ2n) is 10.7. The van der Waals surface area contributed by atoms with E-state index in [2.05, 4.69) is 45.0 Å². The zero-order valence-corrected chi connectivity index (χ0v) is 22.4. The van der Waals surface area contributed by atoms with Crippen LogP contribution in [0, 0.1) is 20.8 Å². The van der Waals surface area contributed by atoms with E-state index in [9.17, 15) is 9.59 Å². The van der Waals surface area contributed by atoms with Gasteiger partial charge in [0.25, 0.3) is 5.91 Å². The number of hydrogen-bond donors (Lipinski definition) is 0. The number of likely N-dealkylation sites (tertiary alicyclic amines) is 1. The molecule has 2 fully saturated rings. The number of rotatable bonds is 3. The molecule has 0 unspecified atom stereocenters. The van der Waals surface area contributed by atoms with E-state index in [1.165, 1.54) is 11.1 Å². The molecule has 36 heavy (non-hydrogen) atoms. The lowest BCUT2D eigenvalue weighted by Crippen LogP contribution is -2.54. The Balaban J connectivity index is 1.47.